The van der Waals surface area contributed by atoms with E-state index in [0.29, 0.717) is 16.6 Å². The summed E-state index contributed by atoms with van der Waals surface area (Å²) < 4.78 is 0. The molecular formula is C14H19ClN2O. The molecule has 1 heterocycles. The minimum atomic E-state index is -0.0812. The Bertz CT molecular complexity index is 414. The zero-order valence-corrected chi connectivity index (χ0v) is 11.4. The fourth-order valence-electron chi connectivity index (χ4n) is 2.54. The van der Waals surface area contributed by atoms with Crippen molar-refractivity contribution in [2.75, 3.05) is 0 Å². The van der Waals surface area contributed by atoms with Gasteiger partial charge < -0.3 is 5.32 Å². The molecule has 0 unspecified atom stereocenters. The second-order valence-electron chi connectivity index (χ2n) is 4.95. The van der Waals surface area contributed by atoms with Crippen LogP contribution < -0.4 is 5.32 Å². The van der Waals surface area contributed by atoms with Crippen LogP contribution in [0.2, 0.25) is 5.02 Å². The van der Waals surface area contributed by atoms with Crippen molar-refractivity contribution in [3.8, 4) is 0 Å². The van der Waals surface area contributed by atoms with Gasteiger partial charge in [-0.15, -0.1) is 0 Å². The molecule has 0 spiro atoms. The Balaban J connectivity index is 1.91. The van der Waals surface area contributed by atoms with Gasteiger partial charge in [-0.1, -0.05) is 24.9 Å². The van der Waals surface area contributed by atoms with E-state index in [4.69, 9.17) is 11.6 Å². The number of carbonyl (C=O) groups excluding carboxylic acids is 1. The number of hydrogen-bond donors (Lipinski definition) is 1. The maximum atomic E-state index is 12.1. The third kappa shape index (κ3) is 3.22. The summed E-state index contributed by atoms with van der Waals surface area (Å²) in [5, 5.41) is 3.48. The number of aromatic nitrogens is 1. The summed E-state index contributed by atoms with van der Waals surface area (Å²) in [5.41, 5.74) is 0.518. The molecule has 0 radical (unpaired) electrons. The van der Waals surface area contributed by atoms with Crippen LogP contribution in [0.4, 0.5) is 0 Å². The minimum Gasteiger partial charge on any atom is -0.349 e. The van der Waals surface area contributed by atoms with E-state index in [2.05, 4.69) is 17.2 Å². The van der Waals surface area contributed by atoms with Crippen LogP contribution in [0.5, 0.6) is 0 Å². The maximum Gasteiger partial charge on any atom is 0.253 e. The lowest BCUT2D eigenvalue weighted by atomic mass is 9.84. The average Bonchev–Trinajstić information content (AvgIpc) is 2.40. The van der Waals surface area contributed by atoms with Crippen LogP contribution in [0, 0.1) is 5.92 Å². The van der Waals surface area contributed by atoms with E-state index in [1.54, 1.807) is 12.3 Å². The lowest BCUT2D eigenvalue weighted by Gasteiger charge is -2.28. The number of carbonyl (C=O) groups is 1. The highest BCUT2D eigenvalue weighted by Crippen LogP contribution is 2.26. The Labute approximate surface area is 113 Å². The Kier molecular flexibility index (Phi) is 4.59. The van der Waals surface area contributed by atoms with E-state index < -0.39 is 0 Å². The second-order valence-corrected chi connectivity index (χ2v) is 5.36. The highest BCUT2D eigenvalue weighted by Gasteiger charge is 2.22. The van der Waals surface area contributed by atoms with Crippen LogP contribution in [-0.2, 0) is 0 Å². The lowest BCUT2D eigenvalue weighted by Crippen LogP contribution is -2.37. The van der Waals surface area contributed by atoms with Gasteiger partial charge in [-0.2, -0.15) is 0 Å². The largest absolute Gasteiger partial charge is 0.349 e. The molecule has 0 saturated heterocycles. The molecule has 0 atom stereocenters. The minimum absolute atomic E-state index is 0.0812. The predicted molar refractivity (Wildman–Crippen MR) is 72.8 cm³/mol. The van der Waals surface area contributed by atoms with Gasteiger partial charge in [0.15, 0.2) is 0 Å². The van der Waals surface area contributed by atoms with E-state index in [1.807, 2.05) is 0 Å². The van der Waals surface area contributed by atoms with Gasteiger partial charge in [-0.25, -0.2) is 0 Å². The standard InChI is InChI=1S/C14H19ClN2O/c1-2-10-3-5-11(6-4-10)17-14(18)12-7-8-16-9-13(12)15/h7-11H,2-6H2,1H3,(H,17,18). The zero-order valence-electron chi connectivity index (χ0n) is 10.7. The van der Waals surface area contributed by atoms with Crippen molar-refractivity contribution in [1.29, 1.82) is 0 Å². The molecule has 1 aromatic rings. The third-order valence-corrected chi connectivity index (χ3v) is 4.08. The topological polar surface area (TPSA) is 42.0 Å². The first-order valence-corrected chi connectivity index (χ1v) is 6.99. The van der Waals surface area contributed by atoms with Crippen molar-refractivity contribution >= 4 is 17.5 Å². The van der Waals surface area contributed by atoms with Crippen LogP contribution in [0.3, 0.4) is 0 Å². The molecule has 0 aliphatic heterocycles. The van der Waals surface area contributed by atoms with Crippen molar-refractivity contribution in [3.63, 3.8) is 0 Å². The summed E-state index contributed by atoms with van der Waals surface area (Å²) in [7, 11) is 0. The molecule has 2 rings (SSSR count). The van der Waals surface area contributed by atoms with Gasteiger partial charge >= 0.3 is 0 Å². The van der Waals surface area contributed by atoms with Gasteiger partial charge in [0.1, 0.15) is 0 Å². The normalized spacial score (nSPS) is 23.7. The first-order chi connectivity index (χ1) is 8.70. The van der Waals surface area contributed by atoms with E-state index in [9.17, 15) is 4.79 Å². The first-order valence-electron chi connectivity index (χ1n) is 6.61. The Morgan fingerprint density at radius 1 is 1.44 bits per heavy atom. The van der Waals surface area contributed by atoms with E-state index in [-0.39, 0.29) is 5.91 Å². The molecular weight excluding hydrogens is 248 g/mol. The molecule has 1 aromatic heterocycles. The van der Waals surface area contributed by atoms with Gasteiger partial charge in [0.25, 0.3) is 5.91 Å². The van der Waals surface area contributed by atoms with E-state index in [1.165, 1.54) is 25.5 Å². The number of hydrogen-bond acceptors (Lipinski definition) is 2. The van der Waals surface area contributed by atoms with Crippen molar-refractivity contribution in [2.45, 2.75) is 45.1 Å². The molecule has 4 heteroatoms. The summed E-state index contributed by atoms with van der Waals surface area (Å²) >= 11 is 5.96. The molecule has 1 saturated carbocycles. The molecule has 1 aliphatic rings. The third-order valence-electron chi connectivity index (χ3n) is 3.78. The molecule has 1 fully saturated rings. The van der Waals surface area contributed by atoms with Crippen LogP contribution >= 0.6 is 11.6 Å². The first kappa shape index (κ1) is 13.3. The predicted octanol–water partition coefficient (Wildman–Crippen LogP) is 3.43. The van der Waals surface area contributed by atoms with E-state index >= 15 is 0 Å². The fourth-order valence-corrected chi connectivity index (χ4v) is 2.74. The summed E-state index contributed by atoms with van der Waals surface area (Å²) in [5.74, 6) is 0.755. The number of nitrogens with zero attached hydrogens (tertiary/aromatic N) is 1. The fraction of sp³-hybridized carbons (Fsp3) is 0.571. The van der Waals surface area contributed by atoms with E-state index in [0.717, 1.165) is 18.8 Å². The van der Waals surface area contributed by atoms with Gasteiger partial charge in [0.05, 0.1) is 10.6 Å². The number of halogens is 1. The highest BCUT2D eigenvalue weighted by atomic mass is 35.5. The van der Waals surface area contributed by atoms with Crippen LogP contribution in [0.25, 0.3) is 0 Å². The molecule has 3 nitrogen and oxygen atoms in total. The van der Waals surface area contributed by atoms with Gasteiger partial charge in [-0.3, -0.25) is 9.78 Å². The van der Waals surface area contributed by atoms with Crippen LogP contribution in [-0.4, -0.2) is 16.9 Å². The number of nitrogens with one attached hydrogen (secondary N) is 1. The Hall–Kier alpha value is -1.09. The molecule has 0 bridgehead atoms. The summed E-state index contributed by atoms with van der Waals surface area (Å²) in [6.45, 7) is 2.24. The number of pyridine rings is 1. The Morgan fingerprint density at radius 3 is 2.78 bits per heavy atom. The molecule has 0 aromatic carbocycles. The Morgan fingerprint density at radius 2 is 2.17 bits per heavy atom. The number of amides is 1. The highest BCUT2D eigenvalue weighted by molar-refractivity contribution is 6.33. The molecule has 1 amide bonds. The number of rotatable bonds is 3. The van der Waals surface area contributed by atoms with Gasteiger partial charge in [0.2, 0.25) is 0 Å². The molecule has 1 aliphatic carbocycles. The zero-order chi connectivity index (χ0) is 13.0. The van der Waals surface area contributed by atoms with Crippen molar-refractivity contribution in [3.05, 3.63) is 29.0 Å². The van der Waals surface area contributed by atoms with Gasteiger partial charge in [-0.05, 0) is 37.7 Å². The monoisotopic (exact) mass is 266 g/mol. The second kappa shape index (κ2) is 6.19. The van der Waals surface area contributed by atoms with Crippen molar-refractivity contribution < 1.29 is 4.79 Å². The lowest BCUT2D eigenvalue weighted by molar-refractivity contribution is 0.0921. The smallest absolute Gasteiger partial charge is 0.253 e. The quantitative estimate of drug-likeness (QED) is 0.911. The van der Waals surface area contributed by atoms with Crippen molar-refractivity contribution in [1.82, 2.24) is 10.3 Å². The molecule has 1 N–H and O–H groups in total. The maximum absolute atomic E-state index is 12.1. The average molecular weight is 267 g/mol. The van der Waals surface area contributed by atoms with Crippen molar-refractivity contribution in [2.24, 2.45) is 5.92 Å². The summed E-state index contributed by atoms with van der Waals surface area (Å²) in [4.78, 5) is 15.9. The molecule has 98 valence electrons. The van der Waals surface area contributed by atoms with Crippen LogP contribution in [0.15, 0.2) is 18.5 Å². The van der Waals surface area contributed by atoms with Crippen LogP contribution in [0.1, 0.15) is 49.4 Å². The van der Waals surface area contributed by atoms with Gasteiger partial charge in [0, 0.05) is 18.4 Å². The summed E-state index contributed by atoms with van der Waals surface area (Å²) in [6.07, 6.45) is 8.92. The molecule has 18 heavy (non-hydrogen) atoms. The SMILES string of the molecule is CCC1CCC(NC(=O)c2ccncc2Cl)CC1. The summed E-state index contributed by atoms with van der Waals surface area (Å²) in [6, 6.07) is 1.96.